The van der Waals surface area contributed by atoms with Crippen molar-refractivity contribution in [1.82, 2.24) is 10.3 Å². The number of hydrogen-bond acceptors (Lipinski definition) is 4. The largest absolute Gasteiger partial charge is 0.453 e. The van der Waals surface area contributed by atoms with Crippen LogP contribution in [0, 0.1) is 0 Å². The maximum Gasteiger partial charge on any atom is 0.196 e. The van der Waals surface area contributed by atoms with Gasteiger partial charge in [-0.05, 0) is 25.1 Å². The molecular weight excluding hydrogens is 252 g/mol. The zero-order valence-electron chi connectivity index (χ0n) is 11.6. The number of benzene rings is 1. The Morgan fingerprint density at radius 2 is 2.00 bits per heavy atom. The molecule has 1 aromatic carbocycles. The van der Waals surface area contributed by atoms with Crippen LogP contribution in [0.1, 0.15) is 19.2 Å². The highest BCUT2D eigenvalue weighted by Crippen LogP contribution is 2.28. The number of oxazole rings is 1. The van der Waals surface area contributed by atoms with E-state index >= 15 is 0 Å². The van der Waals surface area contributed by atoms with Crippen LogP contribution in [0.5, 0.6) is 0 Å². The minimum Gasteiger partial charge on any atom is -0.453 e. The van der Waals surface area contributed by atoms with Gasteiger partial charge in [0.15, 0.2) is 17.4 Å². The predicted molar refractivity (Wildman–Crippen MR) is 78.6 cm³/mol. The van der Waals surface area contributed by atoms with Crippen molar-refractivity contribution >= 4 is 11.0 Å². The van der Waals surface area contributed by atoms with E-state index in [1.165, 1.54) is 0 Å². The van der Waals surface area contributed by atoms with Crippen LogP contribution in [-0.4, -0.2) is 18.1 Å². The van der Waals surface area contributed by atoms with Crippen molar-refractivity contribution in [3.05, 3.63) is 42.4 Å². The number of rotatable bonds is 6. The molecule has 2 heterocycles. The van der Waals surface area contributed by atoms with E-state index in [1.54, 1.807) is 6.20 Å². The van der Waals surface area contributed by atoms with Gasteiger partial charge in [-0.2, -0.15) is 0 Å². The molecule has 0 saturated heterocycles. The lowest BCUT2D eigenvalue weighted by molar-refractivity contribution is 0.480. The van der Waals surface area contributed by atoms with Gasteiger partial charge < -0.3 is 14.2 Å². The maximum atomic E-state index is 5.76. The molecule has 2 aromatic heterocycles. The van der Waals surface area contributed by atoms with Crippen molar-refractivity contribution in [3.8, 4) is 11.5 Å². The van der Waals surface area contributed by atoms with Crippen LogP contribution in [0.25, 0.3) is 22.5 Å². The molecule has 0 unspecified atom stereocenters. The van der Waals surface area contributed by atoms with Gasteiger partial charge in [-0.15, -0.1) is 0 Å². The van der Waals surface area contributed by atoms with Gasteiger partial charge in [0.2, 0.25) is 0 Å². The Morgan fingerprint density at radius 1 is 1.10 bits per heavy atom. The molecule has 0 radical (unpaired) electrons. The van der Waals surface area contributed by atoms with Crippen molar-refractivity contribution in [2.24, 2.45) is 0 Å². The summed E-state index contributed by atoms with van der Waals surface area (Å²) in [6.45, 7) is 4.06. The SMILES string of the molecule is CCCNCCc1ncc(-c2cc3ccccc3o2)o1. The summed E-state index contributed by atoms with van der Waals surface area (Å²) < 4.78 is 11.5. The van der Waals surface area contributed by atoms with Gasteiger partial charge in [0.25, 0.3) is 0 Å². The van der Waals surface area contributed by atoms with Crippen molar-refractivity contribution in [3.63, 3.8) is 0 Å². The zero-order chi connectivity index (χ0) is 13.8. The van der Waals surface area contributed by atoms with Crippen LogP contribution in [0.15, 0.2) is 45.4 Å². The Balaban J connectivity index is 1.72. The van der Waals surface area contributed by atoms with Crippen LogP contribution in [0.3, 0.4) is 0 Å². The molecule has 0 aliphatic heterocycles. The third kappa shape index (κ3) is 2.75. The van der Waals surface area contributed by atoms with E-state index < -0.39 is 0 Å². The van der Waals surface area contributed by atoms with E-state index in [4.69, 9.17) is 8.83 Å². The summed E-state index contributed by atoms with van der Waals surface area (Å²) in [4.78, 5) is 4.29. The summed E-state index contributed by atoms with van der Waals surface area (Å²) in [5.41, 5.74) is 0.866. The van der Waals surface area contributed by atoms with E-state index in [0.29, 0.717) is 5.76 Å². The monoisotopic (exact) mass is 270 g/mol. The lowest BCUT2D eigenvalue weighted by atomic mass is 10.2. The average molecular weight is 270 g/mol. The first-order valence-corrected chi connectivity index (χ1v) is 7.01. The van der Waals surface area contributed by atoms with Gasteiger partial charge in [-0.1, -0.05) is 25.1 Å². The molecule has 0 fully saturated rings. The van der Waals surface area contributed by atoms with Crippen LogP contribution in [0.2, 0.25) is 0 Å². The third-order valence-electron chi connectivity index (χ3n) is 3.16. The Kier molecular flexibility index (Phi) is 3.83. The number of para-hydroxylation sites is 1. The fourth-order valence-corrected chi connectivity index (χ4v) is 2.14. The molecule has 4 heteroatoms. The lowest BCUT2D eigenvalue weighted by Crippen LogP contribution is -2.17. The number of nitrogens with one attached hydrogen (secondary N) is 1. The lowest BCUT2D eigenvalue weighted by Gasteiger charge is -1.98. The molecule has 0 spiro atoms. The number of fused-ring (bicyclic) bond motifs is 1. The molecule has 0 aliphatic carbocycles. The molecular formula is C16H18N2O2. The third-order valence-corrected chi connectivity index (χ3v) is 3.16. The Hall–Kier alpha value is -2.07. The Labute approximate surface area is 117 Å². The van der Waals surface area contributed by atoms with Crippen molar-refractivity contribution in [1.29, 1.82) is 0 Å². The minimum atomic E-state index is 0.687. The second-order valence-corrected chi connectivity index (χ2v) is 4.77. The van der Waals surface area contributed by atoms with E-state index in [2.05, 4.69) is 17.2 Å². The van der Waals surface area contributed by atoms with Crippen LogP contribution in [-0.2, 0) is 6.42 Å². The first-order valence-electron chi connectivity index (χ1n) is 7.01. The molecule has 1 N–H and O–H groups in total. The molecule has 3 rings (SSSR count). The minimum absolute atomic E-state index is 0.687. The molecule has 0 bridgehead atoms. The molecule has 4 nitrogen and oxygen atoms in total. The second-order valence-electron chi connectivity index (χ2n) is 4.77. The highest BCUT2D eigenvalue weighted by molar-refractivity contribution is 5.81. The first kappa shape index (κ1) is 12.9. The van der Waals surface area contributed by atoms with Crippen molar-refractivity contribution in [2.75, 3.05) is 13.1 Å². The van der Waals surface area contributed by atoms with Crippen LogP contribution in [0.4, 0.5) is 0 Å². The van der Waals surface area contributed by atoms with Gasteiger partial charge in [-0.25, -0.2) is 4.98 Å². The van der Waals surface area contributed by atoms with E-state index in [1.807, 2.05) is 30.3 Å². The molecule has 3 aromatic rings. The number of aromatic nitrogens is 1. The summed E-state index contributed by atoms with van der Waals surface area (Å²) in [5, 5.41) is 4.40. The normalized spacial score (nSPS) is 11.2. The highest BCUT2D eigenvalue weighted by atomic mass is 16.4. The van der Waals surface area contributed by atoms with E-state index in [-0.39, 0.29) is 0 Å². The molecule has 20 heavy (non-hydrogen) atoms. The molecule has 0 saturated carbocycles. The summed E-state index contributed by atoms with van der Waals surface area (Å²) in [6, 6.07) is 9.90. The van der Waals surface area contributed by atoms with Gasteiger partial charge in [-0.3, -0.25) is 0 Å². The molecule has 0 atom stereocenters. The fraction of sp³-hybridized carbons (Fsp3) is 0.312. The topological polar surface area (TPSA) is 51.2 Å². The average Bonchev–Trinajstić information content (AvgIpc) is 3.09. The molecule has 0 aliphatic rings. The van der Waals surface area contributed by atoms with Gasteiger partial charge in [0.05, 0.1) is 6.20 Å². The van der Waals surface area contributed by atoms with Crippen LogP contribution >= 0.6 is 0 Å². The first-order chi connectivity index (χ1) is 9.86. The summed E-state index contributed by atoms with van der Waals surface area (Å²) in [7, 11) is 0. The summed E-state index contributed by atoms with van der Waals surface area (Å²) in [6.07, 6.45) is 3.66. The van der Waals surface area contributed by atoms with Gasteiger partial charge >= 0.3 is 0 Å². The van der Waals surface area contributed by atoms with E-state index in [0.717, 1.165) is 48.6 Å². The van der Waals surface area contributed by atoms with Crippen molar-refractivity contribution in [2.45, 2.75) is 19.8 Å². The van der Waals surface area contributed by atoms with Crippen LogP contribution < -0.4 is 5.32 Å². The Bertz CT molecular complexity index is 651. The number of nitrogens with zero attached hydrogens (tertiary/aromatic N) is 1. The maximum absolute atomic E-state index is 5.76. The summed E-state index contributed by atoms with van der Waals surface area (Å²) >= 11 is 0. The molecule has 0 amide bonds. The van der Waals surface area contributed by atoms with E-state index in [9.17, 15) is 0 Å². The number of hydrogen-bond donors (Lipinski definition) is 1. The van der Waals surface area contributed by atoms with Crippen molar-refractivity contribution < 1.29 is 8.83 Å². The fourth-order valence-electron chi connectivity index (χ4n) is 2.14. The second kappa shape index (κ2) is 5.92. The molecule has 104 valence electrons. The van der Waals surface area contributed by atoms with Gasteiger partial charge in [0.1, 0.15) is 5.58 Å². The predicted octanol–water partition coefficient (Wildman–Crippen LogP) is 3.63. The standard InChI is InChI=1S/C16H18N2O2/c1-2-8-17-9-7-16-18-11-15(20-16)14-10-12-5-3-4-6-13(12)19-14/h3-6,10-11,17H,2,7-9H2,1H3. The smallest absolute Gasteiger partial charge is 0.196 e. The highest BCUT2D eigenvalue weighted by Gasteiger charge is 2.11. The zero-order valence-corrected chi connectivity index (χ0v) is 11.6. The summed E-state index contributed by atoms with van der Waals surface area (Å²) in [5.74, 6) is 2.15. The number of furan rings is 1. The quantitative estimate of drug-likeness (QED) is 0.695. The Morgan fingerprint density at radius 3 is 2.85 bits per heavy atom. The van der Waals surface area contributed by atoms with Gasteiger partial charge in [0, 0.05) is 18.4 Å².